The number of nitrogens with one attached hydrogen (secondary N) is 2. The number of hydrogen-bond acceptors (Lipinski definition) is 3. The molecule has 8 heteroatoms. The molecule has 0 saturated carbocycles. The van der Waals surface area contributed by atoms with Gasteiger partial charge in [-0.2, -0.15) is 0 Å². The quantitative estimate of drug-likeness (QED) is 0.410. The molecule has 1 unspecified atom stereocenters. The highest BCUT2D eigenvalue weighted by Gasteiger charge is 2.15. The molecule has 3 rings (SSSR count). The van der Waals surface area contributed by atoms with Crippen molar-refractivity contribution in [3.8, 4) is 0 Å². The normalized spacial score (nSPS) is 11.6. The van der Waals surface area contributed by atoms with Crippen LogP contribution in [-0.4, -0.2) is 17.1 Å². The van der Waals surface area contributed by atoms with Crippen molar-refractivity contribution in [3.05, 3.63) is 88.2 Å². The average Bonchev–Trinajstić information content (AvgIpc) is 2.72. The Kier molecular flexibility index (Phi) is 7.37. The molecule has 2 N–H and O–H groups in total. The fourth-order valence-electron chi connectivity index (χ4n) is 2.53. The third-order valence-corrected chi connectivity index (χ3v) is 5.70. The fraction of sp³-hybridized carbons (Fsp3) is 0.0909. The van der Waals surface area contributed by atoms with Crippen LogP contribution in [0, 0.1) is 5.82 Å². The second-order valence-electron chi connectivity index (χ2n) is 6.37. The third-order valence-electron chi connectivity index (χ3n) is 4.07. The maximum absolute atomic E-state index is 13.2. The van der Waals surface area contributed by atoms with Crippen molar-refractivity contribution >= 4 is 58.2 Å². The molecule has 3 aromatic carbocycles. The van der Waals surface area contributed by atoms with Crippen molar-refractivity contribution in [1.82, 2.24) is 0 Å². The second-order valence-corrected chi connectivity index (χ2v) is 8.62. The van der Waals surface area contributed by atoms with Gasteiger partial charge in [-0.25, -0.2) is 4.39 Å². The minimum atomic E-state index is -0.542. The lowest BCUT2D eigenvalue weighted by atomic mass is 10.2. The molecule has 0 heterocycles. The van der Waals surface area contributed by atoms with Crippen LogP contribution in [0.2, 0.25) is 10.0 Å². The summed E-state index contributed by atoms with van der Waals surface area (Å²) in [6.45, 7) is 1.76. The molecule has 0 aliphatic carbocycles. The van der Waals surface area contributed by atoms with E-state index in [9.17, 15) is 14.0 Å². The van der Waals surface area contributed by atoms with Crippen LogP contribution in [-0.2, 0) is 4.79 Å². The van der Waals surface area contributed by atoms with Crippen LogP contribution in [0.3, 0.4) is 0 Å². The van der Waals surface area contributed by atoms with Gasteiger partial charge in [-0.15, -0.1) is 11.8 Å². The summed E-state index contributed by atoms with van der Waals surface area (Å²) in [5.74, 6) is -1.04. The first-order valence-electron chi connectivity index (χ1n) is 8.91. The molecule has 0 aromatic heterocycles. The average molecular weight is 463 g/mol. The van der Waals surface area contributed by atoms with Crippen molar-refractivity contribution in [2.45, 2.75) is 17.1 Å². The number of benzene rings is 3. The lowest BCUT2D eigenvalue weighted by Crippen LogP contribution is -2.22. The summed E-state index contributed by atoms with van der Waals surface area (Å²) in [5, 5.41) is 5.55. The number of thioether (sulfide) groups is 1. The Bertz CT molecular complexity index is 1080. The van der Waals surface area contributed by atoms with Crippen molar-refractivity contribution in [2.24, 2.45) is 0 Å². The van der Waals surface area contributed by atoms with E-state index in [1.54, 1.807) is 43.3 Å². The molecule has 3 aromatic rings. The number of amides is 2. The molecular formula is C22H17Cl2FN2O2S. The minimum absolute atomic E-state index is 0.0523. The van der Waals surface area contributed by atoms with Gasteiger partial charge in [0.25, 0.3) is 5.91 Å². The molecule has 0 spiro atoms. The van der Waals surface area contributed by atoms with E-state index in [0.717, 1.165) is 4.90 Å². The van der Waals surface area contributed by atoms with Gasteiger partial charge >= 0.3 is 0 Å². The number of rotatable bonds is 6. The van der Waals surface area contributed by atoms with Gasteiger partial charge in [0.2, 0.25) is 5.91 Å². The molecule has 154 valence electrons. The topological polar surface area (TPSA) is 58.2 Å². The monoisotopic (exact) mass is 462 g/mol. The van der Waals surface area contributed by atoms with Gasteiger partial charge in [-0.1, -0.05) is 29.3 Å². The number of halogens is 3. The molecule has 0 fully saturated rings. The molecule has 0 aliphatic heterocycles. The van der Waals surface area contributed by atoms with Gasteiger partial charge in [-0.05, 0) is 67.6 Å². The summed E-state index contributed by atoms with van der Waals surface area (Å²) in [4.78, 5) is 25.5. The zero-order chi connectivity index (χ0) is 21.7. The van der Waals surface area contributed by atoms with Crippen molar-refractivity contribution < 1.29 is 14.0 Å². The van der Waals surface area contributed by atoms with Crippen molar-refractivity contribution in [1.29, 1.82) is 0 Å². The Balaban J connectivity index is 1.57. The first-order valence-corrected chi connectivity index (χ1v) is 10.5. The molecule has 0 radical (unpaired) electrons. The highest BCUT2D eigenvalue weighted by molar-refractivity contribution is 8.00. The van der Waals surface area contributed by atoms with E-state index in [1.807, 2.05) is 12.1 Å². The Morgan fingerprint density at radius 3 is 2.30 bits per heavy atom. The van der Waals surface area contributed by atoms with Crippen LogP contribution in [0.4, 0.5) is 15.8 Å². The van der Waals surface area contributed by atoms with E-state index in [1.165, 1.54) is 30.0 Å². The second kappa shape index (κ2) is 9.98. The summed E-state index contributed by atoms with van der Waals surface area (Å²) in [6, 6.07) is 17.9. The molecule has 30 heavy (non-hydrogen) atoms. The Morgan fingerprint density at radius 1 is 0.933 bits per heavy atom. The minimum Gasteiger partial charge on any atom is -0.325 e. The Labute approximate surface area is 187 Å². The molecule has 0 saturated heterocycles. The third kappa shape index (κ3) is 5.98. The van der Waals surface area contributed by atoms with E-state index in [4.69, 9.17) is 23.2 Å². The zero-order valence-corrected chi connectivity index (χ0v) is 18.1. The van der Waals surface area contributed by atoms with Crippen LogP contribution in [0.5, 0.6) is 0 Å². The summed E-state index contributed by atoms with van der Waals surface area (Å²) in [7, 11) is 0. The van der Waals surface area contributed by atoms with E-state index in [2.05, 4.69) is 10.6 Å². The van der Waals surface area contributed by atoms with Gasteiger partial charge in [0, 0.05) is 26.9 Å². The summed E-state index contributed by atoms with van der Waals surface area (Å²) >= 11 is 13.0. The molecule has 4 nitrogen and oxygen atoms in total. The van der Waals surface area contributed by atoms with Gasteiger partial charge < -0.3 is 10.6 Å². The lowest BCUT2D eigenvalue weighted by molar-refractivity contribution is -0.115. The summed E-state index contributed by atoms with van der Waals surface area (Å²) in [5.41, 5.74) is 1.52. The van der Waals surface area contributed by atoms with Gasteiger partial charge in [0.05, 0.1) is 10.3 Å². The number of hydrogen-bond donors (Lipinski definition) is 2. The van der Waals surface area contributed by atoms with Gasteiger partial charge in [-0.3, -0.25) is 9.59 Å². The first-order chi connectivity index (χ1) is 14.3. The first kappa shape index (κ1) is 22.2. The maximum atomic E-state index is 13.2. The van der Waals surface area contributed by atoms with E-state index in [-0.39, 0.29) is 16.8 Å². The predicted molar refractivity (Wildman–Crippen MR) is 121 cm³/mol. The van der Waals surface area contributed by atoms with Crippen molar-refractivity contribution in [2.75, 3.05) is 10.6 Å². The lowest BCUT2D eigenvalue weighted by Gasteiger charge is -2.13. The Hall–Kier alpha value is -2.54. The van der Waals surface area contributed by atoms with Gasteiger partial charge in [0.15, 0.2) is 0 Å². The van der Waals surface area contributed by atoms with Crippen molar-refractivity contribution in [3.63, 3.8) is 0 Å². The SMILES string of the molecule is CC(Sc1ccc(NC(=O)c2cccc(Cl)c2)cc1)C(=O)Nc1ccc(F)c(Cl)c1. The van der Waals surface area contributed by atoms with Crippen LogP contribution < -0.4 is 10.6 Å². The van der Waals surface area contributed by atoms with Crippen LogP contribution >= 0.6 is 35.0 Å². The summed E-state index contributed by atoms with van der Waals surface area (Å²) < 4.78 is 13.2. The molecule has 2 amide bonds. The van der Waals surface area contributed by atoms with E-state index < -0.39 is 11.1 Å². The maximum Gasteiger partial charge on any atom is 0.255 e. The molecule has 0 bridgehead atoms. The largest absolute Gasteiger partial charge is 0.325 e. The van der Waals surface area contributed by atoms with Crippen LogP contribution in [0.25, 0.3) is 0 Å². The zero-order valence-electron chi connectivity index (χ0n) is 15.8. The predicted octanol–water partition coefficient (Wildman–Crippen LogP) is 6.50. The Morgan fingerprint density at radius 2 is 1.63 bits per heavy atom. The molecular weight excluding hydrogens is 446 g/mol. The molecule has 0 aliphatic rings. The number of carbonyl (C=O) groups is 2. The summed E-state index contributed by atoms with van der Waals surface area (Å²) in [6.07, 6.45) is 0. The number of carbonyl (C=O) groups excluding carboxylic acids is 2. The van der Waals surface area contributed by atoms with Crippen LogP contribution in [0.1, 0.15) is 17.3 Å². The highest BCUT2D eigenvalue weighted by atomic mass is 35.5. The van der Waals surface area contributed by atoms with Gasteiger partial charge in [0.1, 0.15) is 5.82 Å². The smallest absolute Gasteiger partial charge is 0.255 e. The van der Waals surface area contributed by atoms with E-state index in [0.29, 0.717) is 22.0 Å². The standard InChI is InChI=1S/C22H17Cl2FN2O2S/c1-13(21(28)27-17-7-10-20(25)19(24)12-17)30-18-8-5-16(6-9-18)26-22(29)14-3-2-4-15(23)11-14/h2-13H,1H3,(H,26,29)(H,27,28). The number of anilines is 2. The highest BCUT2D eigenvalue weighted by Crippen LogP contribution is 2.26. The van der Waals surface area contributed by atoms with Crippen LogP contribution in [0.15, 0.2) is 71.6 Å². The fourth-order valence-corrected chi connectivity index (χ4v) is 3.76. The molecule has 1 atom stereocenters. The van der Waals surface area contributed by atoms with E-state index >= 15 is 0 Å².